The van der Waals surface area contributed by atoms with Crippen LogP contribution in [0.4, 0.5) is 5.69 Å². The molecule has 1 heterocycles. The molecule has 0 saturated carbocycles. The first-order chi connectivity index (χ1) is 8.25. The van der Waals surface area contributed by atoms with Crippen LogP contribution in [0.5, 0.6) is 5.75 Å². The van der Waals surface area contributed by atoms with Crippen LogP contribution in [0.2, 0.25) is 0 Å². The van der Waals surface area contributed by atoms with Gasteiger partial charge in [-0.05, 0) is 35.7 Å². The predicted molar refractivity (Wildman–Crippen MR) is 70.2 cm³/mol. The van der Waals surface area contributed by atoms with Crippen molar-refractivity contribution in [3.63, 3.8) is 0 Å². The molecule has 2 aromatic carbocycles. The summed E-state index contributed by atoms with van der Waals surface area (Å²) >= 11 is 0. The number of fused-ring (bicyclic) bond motifs is 1. The minimum absolute atomic E-state index is 0.792. The van der Waals surface area contributed by atoms with Crippen LogP contribution in [0.25, 0.3) is 11.1 Å². The molecule has 0 unspecified atom stereocenters. The molecule has 0 radical (unpaired) electrons. The zero-order valence-electron chi connectivity index (χ0n) is 9.86. The molecule has 0 saturated heterocycles. The van der Waals surface area contributed by atoms with Crippen molar-refractivity contribution in [2.45, 2.75) is 13.3 Å². The highest BCUT2D eigenvalue weighted by atomic mass is 16.5. The summed E-state index contributed by atoms with van der Waals surface area (Å²) in [6.45, 7) is 2.88. The number of anilines is 1. The molecule has 0 fully saturated rings. The lowest BCUT2D eigenvalue weighted by atomic mass is 9.97. The van der Waals surface area contributed by atoms with Gasteiger partial charge in [-0.3, -0.25) is 0 Å². The molecule has 86 valence electrons. The van der Waals surface area contributed by atoms with Crippen LogP contribution in [0.1, 0.15) is 11.1 Å². The van der Waals surface area contributed by atoms with E-state index < -0.39 is 0 Å². The topological polar surface area (TPSA) is 35.2 Å². The highest BCUT2D eigenvalue weighted by molar-refractivity contribution is 5.76. The van der Waals surface area contributed by atoms with Gasteiger partial charge in [-0.1, -0.05) is 24.3 Å². The van der Waals surface area contributed by atoms with Gasteiger partial charge in [0.15, 0.2) is 0 Å². The molecule has 3 rings (SSSR count). The van der Waals surface area contributed by atoms with Crippen LogP contribution in [0, 0.1) is 6.92 Å². The maximum Gasteiger partial charge on any atom is 0.130 e. The lowest BCUT2D eigenvalue weighted by Crippen LogP contribution is -1.92. The quantitative estimate of drug-likeness (QED) is 0.756. The number of benzene rings is 2. The third kappa shape index (κ3) is 1.66. The highest BCUT2D eigenvalue weighted by Crippen LogP contribution is 2.38. The summed E-state index contributed by atoms with van der Waals surface area (Å²) in [6.07, 6.45) is 1.01. The molecule has 1 aliphatic heterocycles. The fourth-order valence-corrected chi connectivity index (χ4v) is 2.42. The summed E-state index contributed by atoms with van der Waals surface area (Å²) in [5, 5.41) is 0. The zero-order chi connectivity index (χ0) is 11.8. The summed E-state index contributed by atoms with van der Waals surface area (Å²) in [4.78, 5) is 0. The molecule has 0 atom stereocenters. The van der Waals surface area contributed by atoms with Crippen LogP contribution < -0.4 is 10.5 Å². The summed E-state index contributed by atoms with van der Waals surface area (Å²) in [7, 11) is 0. The molecule has 0 spiro atoms. The standard InChI is InChI=1S/C15H15NO/c1-10-9-12(16)5-6-13(10)14-4-2-3-11-7-8-17-15(11)14/h2-6,9H,7-8,16H2,1H3. The van der Waals surface area contributed by atoms with Gasteiger partial charge < -0.3 is 10.5 Å². The van der Waals surface area contributed by atoms with E-state index in [0.29, 0.717) is 0 Å². The highest BCUT2D eigenvalue weighted by Gasteiger charge is 2.17. The Balaban J connectivity index is 2.19. The first kappa shape index (κ1) is 10.2. The Bertz CT molecular complexity index is 575. The van der Waals surface area contributed by atoms with Crippen LogP contribution in [-0.2, 0) is 6.42 Å². The molecule has 2 nitrogen and oxygen atoms in total. The third-order valence-corrected chi connectivity index (χ3v) is 3.26. The number of nitrogen functional groups attached to an aromatic ring is 1. The molecule has 0 aromatic heterocycles. The number of ether oxygens (including phenoxy) is 1. The van der Waals surface area contributed by atoms with Crippen LogP contribution in [0.15, 0.2) is 36.4 Å². The van der Waals surface area contributed by atoms with Gasteiger partial charge in [0, 0.05) is 17.7 Å². The van der Waals surface area contributed by atoms with E-state index >= 15 is 0 Å². The van der Waals surface area contributed by atoms with Gasteiger partial charge in [-0.15, -0.1) is 0 Å². The smallest absolute Gasteiger partial charge is 0.130 e. The molecule has 17 heavy (non-hydrogen) atoms. The van der Waals surface area contributed by atoms with E-state index in [1.807, 2.05) is 12.1 Å². The van der Waals surface area contributed by atoms with Gasteiger partial charge in [0.1, 0.15) is 5.75 Å². The van der Waals surface area contributed by atoms with E-state index in [9.17, 15) is 0 Å². The van der Waals surface area contributed by atoms with Crippen molar-refractivity contribution in [2.75, 3.05) is 12.3 Å². The average molecular weight is 225 g/mol. The SMILES string of the molecule is Cc1cc(N)ccc1-c1cccc2c1OCC2. The third-order valence-electron chi connectivity index (χ3n) is 3.26. The lowest BCUT2D eigenvalue weighted by Gasteiger charge is -2.11. The summed E-state index contributed by atoms with van der Waals surface area (Å²) < 4.78 is 5.74. The number of hydrogen-bond acceptors (Lipinski definition) is 2. The molecule has 2 heteroatoms. The maximum atomic E-state index is 5.79. The normalized spacial score (nSPS) is 13.2. The van der Waals surface area contributed by atoms with Gasteiger partial charge in [0.2, 0.25) is 0 Å². The minimum atomic E-state index is 0.792. The van der Waals surface area contributed by atoms with E-state index in [2.05, 4.69) is 31.2 Å². The molecule has 2 N–H and O–H groups in total. The largest absolute Gasteiger partial charge is 0.492 e. The number of hydrogen-bond donors (Lipinski definition) is 1. The van der Waals surface area contributed by atoms with Gasteiger partial charge in [0.25, 0.3) is 0 Å². The number of para-hydroxylation sites is 1. The van der Waals surface area contributed by atoms with Crippen LogP contribution in [0.3, 0.4) is 0 Å². The molecular formula is C15H15NO. The van der Waals surface area contributed by atoms with Gasteiger partial charge in [0.05, 0.1) is 6.61 Å². The molecular weight excluding hydrogens is 210 g/mol. The van der Waals surface area contributed by atoms with E-state index in [1.165, 1.54) is 22.3 Å². The summed E-state index contributed by atoms with van der Waals surface area (Å²) in [6, 6.07) is 12.4. The van der Waals surface area contributed by atoms with E-state index in [-0.39, 0.29) is 0 Å². The molecule has 0 amide bonds. The fourth-order valence-electron chi connectivity index (χ4n) is 2.42. The second-order valence-electron chi connectivity index (χ2n) is 4.47. The molecule has 1 aliphatic rings. The summed E-state index contributed by atoms with van der Waals surface area (Å²) in [5.74, 6) is 1.04. The van der Waals surface area contributed by atoms with E-state index in [0.717, 1.165) is 24.5 Å². The first-order valence-corrected chi connectivity index (χ1v) is 5.87. The Morgan fingerprint density at radius 3 is 2.82 bits per heavy atom. The zero-order valence-corrected chi connectivity index (χ0v) is 9.86. The van der Waals surface area contributed by atoms with Crippen LogP contribution >= 0.6 is 0 Å². The van der Waals surface area contributed by atoms with E-state index in [1.54, 1.807) is 0 Å². The van der Waals surface area contributed by atoms with E-state index in [4.69, 9.17) is 10.5 Å². The monoisotopic (exact) mass is 225 g/mol. The average Bonchev–Trinajstić information content (AvgIpc) is 2.77. The van der Waals surface area contributed by atoms with Crippen molar-refractivity contribution in [2.24, 2.45) is 0 Å². The number of aryl methyl sites for hydroxylation is 1. The van der Waals surface area contributed by atoms with Crippen LogP contribution in [-0.4, -0.2) is 6.61 Å². The Labute approximate surface area is 101 Å². The number of rotatable bonds is 1. The Hall–Kier alpha value is -1.96. The van der Waals surface area contributed by atoms with Crippen molar-refractivity contribution >= 4 is 5.69 Å². The molecule has 0 aliphatic carbocycles. The van der Waals surface area contributed by atoms with Gasteiger partial charge in [-0.2, -0.15) is 0 Å². The van der Waals surface area contributed by atoms with Crippen molar-refractivity contribution < 1.29 is 4.74 Å². The second kappa shape index (κ2) is 3.81. The van der Waals surface area contributed by atoms with Crippen molar-refractivity contribution in [1.82, 2.24) is 0 Å². The second-order valence-corrected chi connectivity index (χ2v) is 4.47. The lowest BCUT2D eigenvalue weighted by molar-refractivity contribution is 0.358. The molecule has 2 aromatic rings. The van der Waals surface area contributed by atoms with Crippen molar-refractivity contribution in [1.29, 1.82) is 0 Å². The summed E-state index contributed by atoms with van der Waals surface area (Å²) in [5.41, 5.74) is 11.5. The van der Waals surface area contributed by atoms with Gasteiger partial charge in [-0.25, -0.2) is 0 Å². The first-order valence-electron chi connectivity index (χ1n) is 5.87. The maximum absolute atomic E-state index is 5.79. The molecule has 0 bridgehead atoms. The van der Waals surface area contributed by atoms with Crippen molar-refractivity contribution in [3.8, 4) is 16.9 Å². The fraction of sp³-hybridized carbons (Fsp3) is 0.200. The number of nitrogens with two attached hydrogens (primary N) is 1. The van der Waals surface area contributed by atoms with Gasteiger partial charge >= 0.3 is 0 Å². The Morgan fingerprint density at radius 1 is 1.12 bits per heavy atom. The Morgan fingerprint density at radius 2 is 2.00 bits per heavy atom. The predicted octanol–water partition coefficient (Wildman–Crippen LogP) is 3.18. The Kier molecular flexibility index (Phi) is 2.29. The minimum Gasteiger partial charge on any atom is -0.492 e. The van der Waals surface area contributed by atoms with Crippen molar-refractivity contribution in [3.05, 3.63) is 47.5 Å².